The van der Waals surface area contributed by atoms with Gasteiger partial charge in [0, 0.05) is 0 Å². The van der Waals surface area contributed by atoms with E-state index in [0.717, 1.165) is 0 Å². The van der Waals surface area contributed by atoms with E-state index in [4.69, 9.17) is 5.73 Å². The average Bonchev–Trinajstić information content (AvgIpc) is 1.87. The number of aliphatic imine (C=N–C) groups is 1. The fourth-order valence-electron chi connectivity index (χ4n) is 0.307. The first-order chi connectivity index (χ1) is 4.22. The predicted octanol–water partition coefficient (Wildman–Crippen LogP) is 1.36. The Morgan fingerprint density at radius 1 is 1.78 bits per heavy atom. The molecule has 0 saturated heterocycles. The Bertz CT molecular complexity index is 158. The zero-order valence-electron chi connectivity index (χ0n) is 5.26. The van der Waals surface area contributed by atoms with Gasteiger partial charge in [0.2, 0.25) is 0 Å². The topological polar surface area (TPSA) is 38.4 Å². The van der Waals surface area contributed by atoms with Crippen molar-refractivity contribution >= 4 is 6.72 Å². The lowest BCUT2D eigenvalue weighted by Crippen LogP contribution is -1.94. The summed E-state index contributed by atoms with van der Waals surface area (Å²) in [7, 11) is 0. The molecule has 2 N–H and O–H groups in total. The van der Waals surface area contributed by atoms with Crippen LogP contribution in [0.3, 0.4) is 0 Å². The first kappa shape index (κ1) is 7.88. The maximum absolute atomic E-state index is 12.3. The Kier molecular flexibility index (Phi) is 3.35. The van der Waals surface area contributed by atoms with Gasteiger partial charge in [0.1, 0.15) is 0 Å². The number of rotatable bonds is 2. The second kappa shape index (κ2) is 3.83. The van der Waals surface area contributed by atoms with Crippen molar-refractivity contribution in [1.82, 2.24) is 0 Å². The second-order valence-corrected chi connectivity index (χ2v) is 1.39. The van der Waals surface area contributed by atoms with Crippen LogP contribution < -0.4 is 5.73 Å². The Morgan fingerprint density at radius 3 is 2.67 bits per heavy atom. The number of allylic oxidation sites excluding steroid dienone is 3. The number of halogens is 1. The molecule has 0 atom stereocenters. The molecule has 0 aromatic rings. The molecule has 0 radical (unpaired) electrons. The summed E-state index contributed by atoms with van der Waals surface area (Å²) in [5.41, 5.74) is 5.03. The first-order valence-electron chi connectivity index (χ1n) is 2.47. The molecular weight excluding hydrogens is 119 g/mol. The molecule has 0 rings (SSSR count). The minimum Gasteiger partial charge on any atom is -0.381 e. The molecule has 0 aromatic carbocycles. The monoisotopic (exact) mass is 128 g/mol. The molecule has 0 heterocycles. The van der Waals surface area contributed by atoms with E-state index in [9.17, 15) is 4.39 Å². The van der Waals surface area contributed by atoms with Gasteiger partial charge in [-0.25, -0.2) is 9.38 Å². The maximum atomic E-state index is 12.3. The standard InChI is InChI=1S/C6H9FN2/c1-3-4-5(7)6(8)9-2/h3-4H,2,8H2,1H3/b4-3-,6-5+. The summed E-state index contributed by atoms with van der Waals surface area (Å²) in [5, 5.41) is 0. The van der Waals surface area contributed by atoms with Gasteiger partial charge in [-0.15, -0.1) is 0 Å². The van der Waals surface area contributed by atoms with E-state index in [2.05, 4.69) is 11.7 Å². The normalized spacial score (nSPS) is 13.6. The maximum Gasteiger partial charge on any atom is 0.164 e. The van der Waals surface area contributed by atoms with Gasteiger partial charge in [-0.05, 0) is 19.7 Å². The third kappa shape index (κ3) is 2.64. The summed E-state index contributed by atoms with van der Waals surface area (Å²) < 4.78 is 12.3. The summed E-state index contributed by atoms with van der Waals surface area (Å²) in [5.74, 6) is -0.722. The molecule has 0 fully saturated rings. The van der Waals surface area contributed by atoms with E-state index < -0.39 is 5.83 Å². The molecule has 0 aromatic heterocycles. The summed E-state index contributed by atoms with van der Waals surface area (Å²) in [4.78, 5) is 3.19. The summed E-state index contributed by atoms with van der Waals surface area (Å²) >= 11 is 0. The van der Waals surface area contributed by atoms with Crippen molar-refractivity contribution in [3.63, 3.8) is 0 Å². The van der Waals surface area contributed by atoms with Gasteiger partial charge in [-0.2, -0.15) is 0 Å². The summed E-state index contributed by atoms with van der Waals surface area (Å²) in [6.45, 7) is 4.75. The molecule has 0 aliphatic heterocycles. The van der Waals surface area contributed by atoms with E-state index in [-0.39, 0.29) is 5.82 Å². The van der Waals surface area contributed by atoms with Crippen LogP contribution in [0.1, 0.15) is 6.92 Å². The lowest BCUT2D eigenvalue weighted by molar-refractivity contribution is 0.650. The van der Waals surface area contributed by atoms with Gasteiger partial charge in [-0.3, -0.25) is 0 Å². The fraction of sp³-hybridized carbons (Fsp3) is 0.167. The molecule has 0 amide bonds. The highest BCUT2D eigenvalue weighted by Gasteiger charge is 1.91. The molecule has 0 aliphatic rings. The van der Waals surface area contributed by atoms with Crippen LogP contribution in [0.25, 0.3) is 0 Å². The van der Waals surface area contributed by atoms with Crippen molar-refractivity contribution in [1.29, 1.82) is 0 Å². The average molecular weight is 128 g/mol. The zero-order chi connectivity index (χ0) is 7.28. The van der Waals surface area contributed by atoms with Gasteiger partial charge in [0.05, 0.1) is 0 Å². The number of hydrogen-bond donors (Lipinski definition) is 1. The molecule has 2 nitrogen and oxygen atoms in total. The van der Waals surface area contributed by atoms with Crippen LogP contribution in [0.4, 0.5) is 4.39 Å². The van der Waals surface area contributed by atoms with Crippen molar-refractivity contribution in [2.75, 3.05) is 0 Å². The highest BCUT2D eigenvalue weighted by atomic mass is 19.1. The first-order valence-corrected chi connectivity index (χ1v) is 2.47. The third-order valence-electron chi connectivity index (χ3n) is 0.728. The predicted molar refractivity (Wildman–Crippen MR) is 36.7 cm³/mol. The summed E-state index contributed by atoms with van der Waals surface area (Å²) in [6.07, 6.45) is 2.76. The summed E-state index contributed by atoms with van der Waals surface area (Å²) in [6, 6.07) is 0. The quantitative estimate of drug-likeness (QED) is 0.442. The highest BCUT2D eigenvalue weighted by molar-refractivity contribution is 5.30. The number of hydrogen-bond acceptors (Lipinski definition) is 2. The molecule has 0 aliphatic carbocycles. The van der Waals surface area contributed by atoms with Gasteiger partial charge in [0.15, 0.2) is 11.6 Å². The van der Waals surface area contributed by atoms with E-state index >= 15 is 0 Å². The van der Waals surface area contributed by atoms with Crippen LogP contribution in [-0.4, -0.2) is 6.72 Å². The molecule has 3 heteroatoms. The van der Waals surface area contributed by atoms with Crippen molar-refractivity contribution in [3.8, 4) is 0 Å². The van der Waals surface area contributed by atoms with Crippen molar-refractivity contribution < 1.29 is 4.39 Å². The molecule has 0 bridgehead atoms. The highest BCUT2D eigenvalue weighted by Crippen LogP contribution is 2.02. The fourth-order valence-corrected chi connectivity index (χ4v) is 0.307. The smallest absolute Gasteiger partial charge is 0.164 e. The third-order valence-corrected chi connectivity index (χ3v) is 0.728. The van der Waals surface area contributed by atoms with Crippen molar-refractivity contribution in [3.05, 3.63) is 23.8 Å². The second-order valence-electron chi connectivity index (χ2n) is 1.39. The molecule has 9 heavy (non-hydrogen) atoms. The van der Waals surface area contributed by atoms with Crippen molar-refractivity contribution in [2.24, 2.45) is 10.7 Å². The Balaban J connectivity index is 4.27. The molecule has 50 valence electrons. The molecular formula is C6H9FN2. The van der Waals surface area contributed by atoms with Gasteiger partial charge in [-0.1, -0.05) is 6.08 Å². The van der Waals surface area contributed by atoms with E-state index in [1.54, 1.807) is 6.92 Å². The van der Waals surface area contributed by atoms with E-state index in [1.165, 1.54) is 12.2 Å². The van der Waals surface area contributed by atoms with E-state index in [1.807, 2.05) is 0 Å². The molecule has 0 unspecified atom stereocenters. The van der Waals surface area contributed by atoms with Crippen LogP contribution in [-0.2, 0) is 0 Å². The van der Waals surface area contributed by atoms with Gasteiger partial charge < -0.3 is 5.73 Å². The van der Waals surface area contributed by atoms with Crippen LogP contribution in [0.5, 0.6) is 0 Å². The number of nitrogens with zero attached hydrogens (tertiary/aromatic N) is 1. The SMILES string of the molecule is C=N/C(N)=C(F)\C=C/C. The van der Waals surface area contributed by atoms with Gasteiger partial charge >= 0.3 is 0 Å². The minimum absolute atomic E-state index is 0.173. The largest absolute Gasteiger partial charge is 0.381 e. The Morgan fingerprint density at radius 2 is 2.33 bits per heavy atom. The van der Waals surface area contributed by atoms with Crippen LogP contribution >= 0.6 is 0 Å². The molecule has 0 spiro atoms. The van der Waals surface area contributed by atoms with E-state index in [0.29, 0.717) is 0 Å². The van der Waals surface area contributed by atoms with Crippen LogP contribution in [0.2, 0.25) is 0 Å². The lowest BCUT2D eigenvalue weighted by atomic mass is 10.4. The Hall–Kier alpha value is -1.12. The van der Waals surface area contributed by atoms with Crippen molar-refractivity contribution in [2.45, 2.75) is 6.92 Å². The molecule has 0 saturated carbocycles. The van der Waals surface area contributed by atoms with Crippen LogP contribution in [0.15, 0.2) is 28.8 Å². The lowest BCUT2D eigenvalue weighted by Gasteiger charge is -1.88. The van der Waals surface area contributed by atoms with Gasteiger partial charge in [0.25, 0.3) is 0 Å². The minimum atomic E-state index is -0.549. The number of nitrogens with two attached hydrogens (primary N) is 1. The van der Waals surface area contributed by atoms with Crippen LogP contribution in [0, 0.1) is 0 Å². The zero-order valence-corrected chi connectivity index (χ0v) is 5.26. The Labute approximate surface area is 53.6 Å².